The van der Waals surface area contributed by atoms with Gasteiger partial charge < -0.3 is 20.5 Å². The van der Waals surface area contributed by atoms with E-state index >= 15 is 0 Å². The Morgan fingerprint density at radius 3 is 2.71 bits per heavy atom. The number of hydrogen-bond acceptors (Lipinski definition) is 4. The molecule has 1 aliphatic rings. The van der Waals surface area contributed by atoms with Crippen LogP contribution >= 0.6 is 35.6 Å². The molecule has 118 valence electrons. The molecule has 1 aromatic rings. The van der Waals surface area contributed by atoms with Crippen LogP contribution in [0.4, 0.5) is 0 Å². The lowest BCUT2D eigenvalue weighted by Gasteiger charge is -2.23. The predicted octanol–water partition coefficient (Wildman–Crippen LogP) is 1.55. The normalized spacial score (nSPS) is 19.5. The number of carbonyl (C=O) groups excluding carboxylic acids is 1. The molecule has 0 aromatic heterocycles. The molecule has 2 rings (SSSR count). The summed E-state index contributed by atoms with van der Waals surface area (Å²) in [6.45, 7) is 1.61. The summed E-state index contributed by atoms with van der Waals surface area (Å²) in [5, 5.41) is 16.5. The van der Waals surface area contributed by atoms with E-state index in [0.29, 0.717) is 35.4 Å². The summed E-state index contributed by atoms with van der Waals surface area (Å²) in [6, 6.07) is 4.59. The van der Waals surface area contributed by atoms with E-state index < -0.39 is 12.1 Å². The minimum absolute atomic E-state index is 0. The first-order chi connectivity index (χ1) is 9.59. The van der Waals surface area contributed by atoms with E-state index in [1.165, 1.54) is 0 Å². The summed E-state index contributed by atoms with van der Waals surface area (Å²) >= 11 is 12.0. The maximum Gasteiger partial charge on any atom is 0.239 e. The SMILES string of the molecule is Cl.O=C(NCC(O)c1c(Cl)cccc1Cl)C1COCCN1. The van der Waals surface area contributed by atoms with Gasteiger partial charge >= 0.3 is 0 Å². The number of hydrogen-bond donors (Lipinski definition) is 3. The molecule has 0 aliphatic carbocycles. The second-order valence-corrected chi connectivity index (χ2v) is 5.29. The number of halogens is 3. The van der Waals surface area contributed by atoms with Crippen molar-refractivity contribution < 1.29 is 14.6 Å². The van der Waals surface area contributed by atoms with Gasteiger partial charge in [-0.15, -0.1) is 12.4 Å². The van der Waals surface area contributed by atoms with Gasteiger partial charge in [0.1, 0.15) is 6.04 Å². The van der Waals surface area contributed by atoms with E-state index in [1.54, 1.807) is 18.2 Å². The summed E-state index contributed by atoms with van der Waals surface area (Å²) < 4.78 is 5.20. The first-order valence-electron chi connectivity index (χ1n) is 6.30. The first-order valence-corrected chi connectivity index (χ1v) is 7.06. The number of benzene rings is 1. The molecule has 2 unspecified atom stereocenters. The average Bonchev–Trinajstić information content (AvgIpc) is 2.45. The molecule has 3 N–H and O–H groups in total. The average molecular weight is 356 g/mol. The third-order valence-corrected chi connectivity index (χ3v) is 3.70. The van der Waals surface area contributed by atoms with Crippen molar-refractivity contribution in [3.63, 3.8) is 0 Å². The van der Waals surface area contributed by atoms with Gasteiger partial charge in [0.05, 0.1) is 19.3 Å². The van der Waals surface area contributed by atoms with Crippen molar-refractivity contribution in [1.82, 2.24) is 10.6 Å². The monoisotopic (exact) mass is 354 g/mol. The van der Waals surface area contributed by atoms with E-state index in [4.69, 9.17) is 27.9 Å². The zero-order valence-corrected chi connectivity index (χ0v) is 13.5. The van der Waals surface area contributed by atoms with E-state index in [0.717, 1.165) is 0 Å². The van der Waals surface area contributed by atoms with Gasteiger partial charge in [-0.2, -0.15) is 0 Å². The Labute approximate surface area is 139 Å². The fourth-order valence-electron chi connectivity index (χ4n) is 1.99. The second-order valence-electron chi connectivity index (χ2n) is 4.48. The summed E-state index contributed by atoms with van der Waals surface area (Å²) in [7, 11) is 0. The number of aliphatic hydroxyl groups excluding tert-OH is 1. The van der Waals surface area contributed by atoms with Gasteiger partial charge in [0.2, 0.25) is 5.91 Å². The van der Waals surface area contributed by atoms with Crippen LogP contribution in [0.2, 0.25) is 10.0 Å². The number of ether oxygens (including phenoxy) is 1. The van der Waals surface area contributed by atoms with E-state index in [-0.39, 0.29) is 24.9 Å². The van der Waals surface area contributed by atoms with Gasteiger partial charge in [-0.25, -0.2) is 0 Å². The van der Waals surface area contributed by atoms with Gasteiger partial charge in [0.15, 0.2) is 0 Å². The van der Waals surface area contributed by atoms with Crippen molar-refractivity contribution in [1.29, 1.82) is 0 Å². The van der Waals surface area contributed by atoms with E-state index in [2.05, 4.69) is 10.6 Å². The fourth-order valence-corrected chi connectivity index (χ4v) is 2.63. The summed E-state index contributed by atoms with van der Waals surface area (Å²) in [5.41, 5.74) is 0.420. The molecule has 1 fully saturated rings. The maximum absolute atomic E-state index is 11.9. The van der Waals surface area contributed by atoms with Gasteiger partial charge in [-0.3, -0.25) is 4.79 Å². The number of nitrogens with one attached hydrogen (secondary N) is 2. The Balaban J connectivity index is 0.00000220. The van der Waals surface area contributed by atoms with Crippen molar-refractivity contribution in [2.45, 2.75) is 12.1 Å². The molecule has 1 amide bonds. The Morgan fingerprint density at radius 1 is 1.48 bits per heavy atom. The molecule has 0 saturated carbocycles. The molecule has 2 atom stereocenters. The molecule has 0 bridgehead atoms. The standard InChI is InChI=1S/C13H16Cl2N2O3.ClH/c14-8-2-1-3-9(15)12(8)11(18)6-17-13(19)10-7-20-5-4-16-10;/h1-3,10-11,16,18H,4-7H2,(H,17,19);1H. The van der Waals surface area contributed by atoms with Crippen LogP contribution in [-0.2, 0) is 9.53 Å². The summed E-state index contributed by atoms with van der Waals surface area (Å²) in [6.07, 6.45) is -0.954. The van der Waals surface area contributed by atoms with Crippen molar-refractivity contribution in [3.8, 4) is 0 Å². The van der Waals surface area contributed by atoms with Crippen LogP contribution in [0, 0.1) is 0 Å². The van der Waals surface area contributed by atoms with Crippen LogP contribution in [0.25, 0.3) is 0 Å². The molecular weight excluding hydrogens is 339 g/mol. The lowest BCUT2D eigenvalue weighted by atomic mass is 10.1. The van der Waals surface area contributed by atoms with Gasteiger partial charge in [-0.05, 0) is 12.1 Å². The minimum Gasteiger partial charge on any atom is -0.386 e. The van der Waals surface area contributed by atoms with E-state index in [9.17, 15) is 9.90 Å². The van der Waals surface area contributed by atoms with Gasteiger partial charge in [-0.1, -0.05) is 29.3 Å². The molecule has 0 spiro atoms. The Hall–Kier alpha value is -0.560. The fraction of sp³-hybridized carbons (Fsp3) is 0.462. The van der Waals surface area contributed by atoms with Crippen molar-refractivity contribution in [3.05, 3.63) is 33.8 Å². The lowest BCUT2D eigenvalue weighted by molar-refractivity contribution is -0.126. The number of carbonyl (C=O) groups is 1. The summed E-state index contributed by atoms with van der Waals surface area (Å²) in [5.74, 6) is -0.216. The zero-order chi connectivity index (χ0) is 14.5. The van der Waals surface area contributed by atoms with Gasteiger partial charge in [0.25, 0.3) is 0 Å². The quantitative estimate of drug-likeness (QED) is 0.766. The Bertz CT molecular complexity index is 461. The second kappa shape index (κ2) is 8.78. The van der Waals surface area contributed by atoms with Crippen LogP contribution < -0.4 is 10.6 Å². The van der Waals surface area contributed by atoms with Crippen molar-refractivity contribution >= 4 is 41.5 Å². The number of aliphatic hydroxyl groups is 1. The third kappa shape index (κ3) is 4.98. The molecule has 1 saturated heterocycles. The first kappa shape index (κ1) is 18.5. The molecule has 8 heteroatoms. The number of rotatable bonds is 4. The highest BCUT2D eigenvalue weighted by Crippen LogP contribution is 2.29. The molecule has 5 nitrogen and oxygen atoms in total. The lowest BCUT2D eigenvalue weighted by Crippen LogP contribution is -2.51. The smallest absolute Gasteiger partial charge is 0.239 e. The highest BCUT2D eigenvalue weighted by molar-refractivity contribution is 6.36. The Kier molecular flexibility index (Phi) is 7.73. The minimum atomic E-state index is -0.954. The van der Waals surface area contributed by atoms with Crippen LogP contribution in [0.1, 0.15) is 11.7 Å². The predicted molar refractivity (Wildman–Crippen MR) is 84.3 cm³/mol. The highest BCUT2D eigenvalue weighted by Gasteiger charge is 2.22. The zero-order valence-electron chi connectivity index (χ0n) is 11.1. The molecule has 1 aliphatic heterocycles. The van der Waals surface area contributed by atoms with Crippen LogP contribution in [0.3, 0.4) is 0 Å². The van der Waals surface area contributed by atoms with Crippen molar-refractivity contribution in [2.75, 3.05) is 26.3 Å². The molecule has 1 aromatic carbocycles. The Morgan fingerprint density at radius 2 is 2.14 bits per heavy atom. The van der Waals surface area contributed by atoms with Crippen LogP contribution in [-0.4, -0.2) is 43.4 Å². The van der Waals surface area contributed by atoms with E-state index in [1.807, 2.05) is 0 Å². The molecular formula is C13H17Cl3N2O3. The third-order valence-electron chi connectivity index (χ3n) is 3.04. The maximum atomic E-state index is 11.9. The van der Waals surface area contributed by atoms with Gasteiger partial charge in [0, 0.05) is 28.7 Å². The molecule has 0 radical (unpaired) electrons. The molecule has 21 heavy (non-hydrogen) atoms. The van der Waals surface area contributed by atoms with Crippen molar-refractivity contribution in [2.24, 2.45) is 0 Å². The summed E-state index contributed by atoms with van der Waals surface area (Å²) in [4.78, 5) is 11.9. The highest BCUT2D eigenvalue weighted by atomic mass is 35.5. The van der Waals surface area contributed by atoms with Crippen LogP contribution in [0.5, 0.6) is 0 Å². The van der Waals surface area contributed by atoms with Crippen LogP contribution in [0.15, 0.2) is 18.2 Å². The molecule has 1 heterocycles. The largest absolute Gasteiger partial charge is 0.386 e. The topological polar surface area (TPSA) is 70.6 Å². The number of morpholine rings is 1. The number of amides is 1.